The quantitative estimate of drug-likeness (QED) is 0.386. The monoisotopic (exact) mass is 481 g/mol. The van der Waals surface area contributed by atoms with Gasteiger partial charge in [-0.3, -0.25) is 0 Å². The van der Waals surface area contributed by atoms with Crippen LogP contribution in [0.5, 0.6) is 0 Å². The Kier molecular flexibility index (Phi) is 7.37. The van der Waals surface area contributed by atoms with Crippen molar-refractivity contribution in [3.05, 3.63) is 47.5 Å². The van der Waals surface area contributed by atoms with Gasteiger partial charge in [0.05, 0.1) is 6.10 Å². The van der Waals surface area contributed by atoms with Crippen LogP contribution >= 0.6 is 11.6 Å². The lowest BCUT2D eigenvalue weighted by atomic mass is 9.86. The molecule has 2 saturated carbocycles. The fraction of sp³-hybridized carbons (Fsp3) is 0.520. The molecule has 0 bridgehead atoms. The van der Waals surface area contributed by atoms with E-state index in [0.29, 0.717) is 35.2 Å². The van der Waals surface area contributed by atoms with Crippen molar-refractivity contribution < 1.29 is 4.74 Å². The van der Waals surface area contributed by atoms with Crippen molar-refractivity contribution in [2.75, 3.05) is 24.3 Å². The number of nitrogens with one attached hydrogen (secondary N) is 3. The normalized spacial score (nSPS) is 24.5. The van der Waals surface area contributed by atoms with Gasteiger partial charge < -0.3 is 20.7 Å². The van der Waals surface area contributed by atoms with E-state index in [1.54, 1.807) is 13.3 Å². The van der Waals surface area contributed by atoms with Crippen LogP contribution in [0.2, 0.25) is 5.15 Å². The molecule has 0 atom stereocenters. The predicted octanol–water partition coefficient (Wildman–Crippen LogP) is 4.42. The van der Waals surface area contributed by atoms with E-state index >= 15 is 0 Å². The fourth-order valence-electron chi connectivity index (χ4n) is 4.77. The van der Waals surface area contributed by atoms with Crippen LogP contribution in [0.25, 0.3) is 10.9 Å². The molecule has 5 rings (SSSR count). The van der Waals surface area contributed by atoms with E-state index in [-0.39, 0.29) is 0 Å². The number of aromatic nitrogens is 4. The smallest absolute Gasteiger partial charge is 0.222 e. The molecule has 2 aliphatic rings. The molecule has 3 N–H and O–H groups in total. The summed E-state index contributed by atoms with van der Waals surface area (Å²) < 4.78 is 5.33. The number of pyridine rings is 2. The molecule has 34 heavy (non-hydrogen) atoms. The van der Waals surface area contributed by atoms with Gasteiger partial charge in [-0.2, -0.15) is 0 Å². The molecule has 0 amide bonds. The largest absolute Gasteiger partial charge is 0.381 e. The molecule has 0 radical (unpaired) electrons. The number of rotatable bonds is 9. The average Bonchev–Trinajstić information content (AvgIpc) is 2.84. The van der Waals surface area contributed by atoms with Crippen molar-refractivity contribution in [3.8, 4) is 0 Å². The third kappa shape index (κ3) is 5.74. The topological polar surface area (TPSA) is 96.9 Å². The maximum absolute atomic E-state index is 6.21. The van der Waals surface area contributed by atoms with E-state index in [4.69, 9.17) is 16.3 Å². The third-order valence-electron chi connectivity index (χ3n) is 7.04. The molecule has 0 unspecified atom stereocenters. The minimum atomic E-state index is 0.415. The lowest BCUT2D eigenvalue weighted by Crippen LogP contribution is -2.44. The first-order valence-corrected chi connectivity index (χ1v) is 12.5. The molecule has 3 aromatic heterocycles. The molecule has 0 aliphatic heterocycles. The second-order valence-corrected chi connectivity index (χ2v) is 9.79. The molecule has 2 fully saturated rings. The Hall–Kier alpha value is -2.55. The van der Waals surface area contributed by atoms with Crippen LogP contribution in [0.3, 0.4) is 0 Å². The number of nitrogens with zero attached hydrogens (tertiary/aromatic N) is 4. The molecule has 180 valence electrons. The van der Waals surface area contributed by atoms with E-state index in [1.165, 1.54) is 0 Å². The Morgan fingerprint density at radius 3 is 2.56 bits per heavy atom. The Balaban J connectivity index is 1.03. The zero-order chi connectivity index (χ0) is 23.3. The van der Waals surface area contributed by atoms with Gasteiger partial charge in [-0.1, -0.05) is 11.6 Å². The second kappa shape index (κ2) is 10.8. The summed E-state index contributed by atoms with van der Waals surface area (Å²) in [7, 11) is 1.78. The van der Waals surface area contributed by atoms with Gasteiger partial charge in [-0.25, -0.2) is 19.9 Å². The molecule has 3 heterocycles. The number of ether oxygens (including phenoxy) is 1. The SMILES string of the molecule is COC1CC(NCc2cnc(NCC3CCC(Nc4ccc5ccnc(Cl)c5n4)CC3)nc2)C1. The number of hydrogen-bond acceptors (Lipinski definition) is 8. The minimum Gasteiger partial charge on any atom is -0.381 e. The van der Waals surface area contributed by atoms with Crippen molar-refractivity contribution in [3.63, 3.8) is 0 Å². The van der Waals surface area contributed by atoms with Crippen LogP contribution in [0.1, 0.15) is 44.1 Å². The zero-order valence-corrected chi connectivity index (χ0v) is 20.3. The lowest BCUT2D eigenvalue weighted by Gasteiger charge is -2.34. The number of anilines is 2. The van der Waals surface area contributed by atoms with Crippen LogP contribution in [0, 0.1) is 5.92 Å². The van der Waals surface area contributed by atoms with Crippen LogP contribution in [-0.4, -0.2) is 51.8 Å². The average molecular weight is 482 g/mol. The van der Waals surface area contributed by atoms with Gasteiger partial charge in [-0.15, -0.1) is 0 Å². The third-order valence-corrected chi connectivity index (χ3v) is 7.32. The molecule has 0 saturated heterocycles. The van der Waals surface area contributed by atoms with Gasteiger partial charge in [-0.05, 0) is 62.6 Å². The number of fused-ring (bicyclic) bond motifs is 1. The predicted molar refractivity (Wildman–Crippen MR) is 135 cm³/mol. The summed E-state index contributed by atoms with van der Waals surface area (Å²) in [6.07, 6.45) is 12.7. The highest BCUT2D eigenvalue weighted by Gasteiger charge is 2.28. The first-order valence-electron chi connectivity index (χ1n) is 12.1. The van der Waals surface area contributed by atoms with Crippen LogP contribution in [0.15, 0.2) is 36.8 Å². The Bertz CT molecular complexity index is 1080. The zero-order valence-electron chi connectivity index (χ0n) is 19.5. The van der Waals surface area contributed by atoms with E-state index in [9.17, 15) is 0 Å². The van der Waals surface area contributed by atoms with E-state index in [1.807, 2.05) is 30.6 Å². The first kappa shape index (κ1) is 23.2. The second-order valence-electron chi connectivity index (χ2n) is 9.43. The maximum atomic E-state index is 6.21. The van der Waals surface area contributed by atoms with Crippen LogP contribution < -0.4 is 16.0 Å². The van der Waals surface area contributed by atoms with Crippen LogP contribution in [-0.2, 0) is 11.3 Å². The lowest BCUT2D eigenvalue weighted by molar-refractivity contribution is 0.0170. The molecule has 8 nitrogen and oxygen atoms in total. The summed E-state index contributed by atoms with van der Waals surface area (Å²) in [6.45, 7) is 1.70. The van der Waals surface area contributed by atoms with Gasteiger partial charge in [0.2, 0.25) is 5.95 Å². The highest BCUT2D eigenvalue weighted by molar-refractivity contribution is 6.33. The Morgan fingerprint density at radius 2 is 1.79 bits per heavy atom. The van der Waals surface area contributed by atoms with E-state index in [0.717, 1.165) is 73.9 Å². The van der Waals surface area contributed by atoms with Crippen LogP contribution in [0.4, 0.5) is 11.8 Å². The molecule has 3 aromatic rings. The minimum absolute atomic E-state index is 0.415. The summed E-state index contributed by atoms with van der Waals surface area (Å²) in [5.74, 6) is 2.19. The summed E-state index contributed by atoms with van der Waals surface area (Å²) in [5.41, 5.74) is 1.86. The fourth-order valence-corrected chi connectivity index (χ4v) is 4.98. The molecule has 0 aromatic carbocycles. The van der Waals surface area contributed by atoms with Crippen molar-refractivity contribution in [2.24, 2.45) is 5.92 Å². The summed E-state index contributed by atoms with van der Waals surface area (Å²) in [5, 5.41) is 12.0. The molecular weight excluding hydrogens is 450 g/mol. The molecule has 9 heteroatoms. The molecular formula is C25H32ClN7O. The van der Waals surface area contributed by atoms with Gasteiger partial charge in [0.1, 0.15) is 11.3 Å². The van der Waals surface area contributed by atoms with Crippen molar-refractivity contribution >= 4 is 34.3 Å². The Morgan fingerprint density at radius 1 is 1.00 bits per heavy atom. The molecule has 0 spiro atoms. The first-order chi connectivity index (χ1) is 16.7. The van der Waals surface area contributed by atoms with E-state index < -0.39 is 0 Å². The summed E-state index contributed by atoms with van der Waals surface area (Å²) in [6, 6.07) is 6.95. The van der Waals surface area contributed by atoms with Crippen molar-refractivity contribution in [1.82, 2.24) is 25.3 Å². The number of methoxy groups -OCH3 is 1. The standard InChI is InChI=1S/C25H32ClN7O/c1-34-21-10-20(11-21)28-13-17-14-30-25(31-15-17)29-12-16-2-5-19(6-3-16)32-22-7-4-18-8-9-27-24(26)23(18)33-22/h4,7-9,14-16,19-21,28H,2-3,5-6,10-13H2,1H3,(H,32,33)(H,29,30,31). The number of hydrogen-bond donors (Lipinski definition) is 3. The van der Waals surface area contributed by atoms with Gasteiger partial charge in [0.25, 0.3) is 0 Å². The van der Waals surface area contributed by atoms with E-state index in [2.05, 4.69) is 35.9 Å². The number of halogens is 1. The maximum Gasteiger partial charge on any atom is 0.222 e. The summed E-state index contributed by atoms with van der Waals surface area (Å²) >= 11 is 6.21. The Labute approximate surface area is 205 Å². The van der Waals surface area contributed by atoms with Gasteiger partial charge in [0.15, 0.2) is 5.15 Å². The highest BCUT2D eigenvalue weighted by Crippen LogP contribution is 2.28. The van der Waals surface area contributed by atoms with Gasteiger partial charge >= 0.3 is 0 Å². The van der Waals surface area contributed by atoms with Gasteiger partial charge in [0, 0.05) is 61.8 Å². The van der Waals surface area contributed by atoms with Crippen molar-refractivity contribution in [2.45, 2.75) is 63.3 Å². The molecule has 2 aliphatic carbocycles. The van der Waals surface area contributed by atoms with Crippen molar-refractivity contribution in [1.29, 1.82) is 0 Å². The summed E-state index contributed by atoms with van der Waals surface area (Å²) in [4.78, 5) is 17.8. The highest BCUT2D eigenvalue weighted by atomic mass is 35.5.